The van der Waals surface area contributed by atoms with Gasteiger partial charge >= 0.3 is 0 Å². The first-order valence-electron chi connectivity index (χ1n) is 7.68. The van der Waals surface area contributed by atoms with E-state index in [4.69, 9.17) is 0 Å². The van der Waals surface area contributed by atoms with Crippen molar-refractivity contribution in [2.45, 2.75) is 33.2 Å². The molecule has 2 aliphatic rings. The number of rotatable bonds is 5. The van der Waals surface area contributed by atoms with Crippen LogP contribution in [-0.2, 0) is 9.59 Å². The van der Waals surface area contributed by atoms with Gasteiger partial charge in [-0.25, -0.2) is 0 Å². The highest BCUT2D eigenvalue weighted by molar-refractivity contribution is 6.08. The van der Waals surface area contributed by atoms with Crippen LogP contribution >= 0.6 is 0 Å². The lowest BCUT2D eigenvalue weighted by Crippen LogP contribution is -2.40. The van der Waals surface area contributed by atoms with Crippen LogP contribution < -0.4 is 5.32 Å². The van der Waals surface area contributed by atoms with E-state index < -0.39 is 0 Å². The largest absolute Gasteiger partial charge is 0.309 e. The van der Waals surface area contributed by atoms with Gasteiger partial charge in [-0.15, -0.1) is 0 Å². The molecule has 1 aromatic rings. The van der Waals surface area contributed by atoms with E-state index >= 15 is 0 Å². The van der Waals surface area contributed by atoms with Gasteiger partial charge in [-0.1, -0.05) is 25.1 Å². The molecule has 2 fully saturated rings. The third kappa shape index (κ3) is 2.48. The van der Waals surface area contributed by atoms with Gasteiger partial charge in [0.05, 0.1) is 17.9 Å². The molecule has 1 heterocycles. The molecular weight excluding hydrogens is 264 g/mol. The highest BCUT2D eigenvalue weighted by Crippen LogP contribution is 2.47. The summed E-state index contributed by atoms with van der Waals surface area (Å²) in [5.74, 6) is 0.0209. The standard InChI is InChI=1S/C17H22N2O2/c1-4-18-15(12-6-5-10(2)11(3)7-12)9-19-16(20)13-8-14(13)17(19)21/h5-7,13-15,18H,4,8-9H2,1-3H3. The summed E-state index contributed by atoms with van der Waals surface area (Å²) in [5.41, 5.74) is 3.63. The molecule has 21 heavy (non-hydrogen) atoms. The molecule has 1 aromatic carbocycles. The molecule has 1 N–H and O–H groups in total. The summed E-state index contributed by atoms with van der Waals surface area (Å²) in [4.78, 5) is 25.7. The number of likely N-dealkylation sites (N-methyl/N-ethyl adjacent to an activating group) is 1. The van der Waals surface area contributed by atoms with E-state index in [1.165, 1.54) is 16.0 Å². The van der Waals surface area contributed by atoms with Crippen molar-refractivity contribution in [2.24, 2.45) is 11.8 Å². The first-order valence-corrected chi connectivity index (χ1v) is 7.68. The van der Waals surface area contributed by atoms with Gasteiger partial charge in [0, 0.05) is 6.54 Å². The third-order valence-electron chi connectivity index (χ3n) is 4.71. The maximum Gasteiger partial charge on any atom is 0.233 e. The highest BCUT2D eigenvalue weighted by atomic mass is 16.2. The van der Waals surface area contributed by atoms with Crippen molar-refractivity contribution < 1.29 is 9.59 Å². The van der Waals surface area contributed by atoms with Gasteiger partial charge in [-0.3, -0.25) is 14.5 Å². The Bertz CT molecular complexity index is 576. The zero-order valence-electron chi connectivity index (χ0n) is 12.8. The van der Waals surface area contributed by atoms with Crippen LogP contribution in [0, 0.1) is 25.7 Å². The topological polar surface area (TPSA) is 49.4 Å². The van der Waals surface area contributed by atoms with E-state index in [9.17, 15) is 9.59 Å². The van der Waals surface area contributed by atoms with Crippen molar-refractivity contribution in [3.05, 3.63) is 34.9 Å². The summed E-state index contributed by atoms with van der Waals surface area (Å²) in [7, 11) is 0. The van der Waals surface area contributed by atoms with Gasteiger partial charge in [-0.05, 0) is 43.5 Å². The third-order valence-corrected chi connectivity index (χ3v) is 4.71. The second kappa shape index (κ2) is 5.26. The molecule has 2 amide bonds. The number of nitrogens with zero attached hydrogens (tertiary/aromatic N) is 1. The van der Waals surface area contributed by atoms with E-state index in [0.717, 1.165) is 18.5 Å². The Kier molecular flexibility index (Phi) is 3.57. The van der Waals surface area contributed by atoms with E-state index in [0.29, 0.717) is 6.54 Å². The Morgan fingerprint density at radius 2 is 1.86 bits per heavy atom. The molecule has 4 heteroatoms. The molecule has 0 bridgehead atoms. The summed E-state index contributed by atoms with van der Waals surface area (Å²) in [6.45, 7) is 7.46. The molecule has 0 spiro atoms. The lowest BCUT2D eigenvalue weighted by atomic mass is 10.0. The molecule has 0 radical (unpaired) electrons. The van der Waals surface area contributed by atoms with Gasteiger partial charge in [0.2, 0.25) is 11.8 Å². The smallest absolute Gasteiger partial charge is 0.233 e. The van der Waals surface area contributed by atoms with Crippen molar-refractivity contribution in [1.29, 1.82) is 0 Å². The van der Waals surface area contributed by atoms with Gasteiger partial charge in [0.25, 0.3) is 0 Å². The normalized spacial score (nSPS) is 25.2. The summed E-state index contributed by atoms with van der Waals surface area (Å²) in [6.07, 6.45) is 0.768. The predicted octanol–water partition coefficient (Wildman–Crippen LogP) is 1.96. The Balaban J connectivity index is 1.80. The summed E-state index contributed by atoms with van der Waals surface area (Å²) in [6, 6.07) is 6.34. The number of carbonyl (C=O) groups excluding carboxylic acids is 2. The fraction of sp³-hybridized carbons (Fsp3) is 0.529. The van der Waals surface area contributed by atoms with Crippen molar-refractivity contribution in [1.82, 2.24) is 10.2 Å². The maximum absolute atomic E-state index is 12.1. The van der Waals surface area contributed by atoms with Crippen LogP contribution in [0.3, 0.4) is 0 Å². The van der Waals surface area contributed by atoms with Gasteiger partial charge in [0.15, 0.2) is 0 Å². The van der Waals surface area contributed by atoms with Gasteiger partial charge in [-0.2, -0.15) is 0 Å². The summed E-state index contributed by atoms with van der Waals surface area (Å²) < 4.78 is 0. The van der Waals surface area contributed by atoms with E-state index in [2.05, 4.69) is 37.4 Å². The zero-order valence-corrected chi connectivity index (χ0v) is 12.8. The van der Waals surface area contributed by atoms with Crippen LogP contribution in [0.4, 0.5) is 0 Å². The van der Waals surface area contributed by atoms with Crippen molar-refractivity contribution in [3.8, 4) is 0 Å². The quantitative estimate of drug-likeness (QED) is 0.842. The molecule has 0 aromatic heterocycles. The molecule has 1 saturated heterocycles. The number of benzene rings is 1. The SMILES string of the molecule is CCNC(CN1C(=O)C2CC2C1=O)c1ccc(C)c(C)c1. The number of piperidine rings is 1. The second-order valence-corrected chi connectivity index (χ2v) is 6.19. The summed E-state index contributed by atoms with van der Waals surface area (Å²) in [5, 5.41) is 3.40. The van der Waals surface area contributed by atoms with Crippen LogP contribution in [0.1, 0.15) is 36.1 Å². The molecule has 1 aliphatic carbocycles. The molecular formula is C17H22N2O2. The van der Waals surface area contributed by atoms with Crippen LogP contribution in [-0.4, -0.2) is 29.8 Å². The van der Waals surface area contributed by atoms with Crippen LogP contribution in [0.5, 0.6) is 0 Å². The summed E-state index contributed by atoms with van der Waals surface area (Å²) >= 11 is 0. The molecule has 112 valence electrons. The molecule has 4 nitrogen and oxygen atoms in total. The Morgan fingerprint density at radius 3 is 2.43 bits per heavy atom. The number of imide groups is 1. The minimum absolute atomic E-state index is 0.0136. The predicted molar refractivity (Wildman–Crippen MR) is 80.7 cm³/mol. The molecule has 1 saturated carbocycles. The van der Waals surface area contributed by atoms with Gasteiger partial charge in [0.1, 0.15) is 0 Å². The van der Waals surface area contributed by atoms with Crippen LogP contribution in [0.25, 0.3) is 0 Å². The number of likely N-dealkylation sites (tertiary alicyclic amines) is 1. The number of amides is 2. The minimum Gasteiger partial charge on any atom is -0.309 e. The van der Waals surface area contributed by atoms with Crippen molar-refractivity contribution in [2.75, 3.05) is 13.1 Å². The molecule has 3 atom stereocenters. The van der Waals surface area contributed by atoms with E-state index in [-0.39, 0.29) is 29.7 Å². The maximum atomic E-state index is 12.1. The Hall–Kier alpha value is -1.68. The average Bonchev–Trinajstić information content (AvgIpc) is 3.21. The number of hydrogen-bond acceptors (Lipinski definition) is 3. The first kappa shape index (κ1) is 14.3. The van der Waals surface area contributed by atoms with Crippen LogP contribution in [0.15, 0.2) is 18.2 Å². The van der Waals surface area contributed by atoms with Crippen molar-refractivity contribution >= 4 is 11.8 Å². The van der Waals surface area contributed by atoms with E-state index in [1.807, 2.05) is 6.92 Å². The van der Waals surface area contributed by atoms with Gasteiger partial charge < -0.3 is 5.32 Å². The number of nitrogens with one attached hydrogen (secondary N) is 1. The van der Waals surface area contributed by atoms with E-state index in [1.54, 1.807) is 0 Å². The van der Waals surface area contributed by atoms with Crippen molar-refractivity contribution in [3.63, 3.8) is 0 Å². The Morgan fingerprint density at radius 1 is 1.19 bits per heavy atom. The Labute approximate surface area is 125 Å². The lowest BCUT2D eigenvalue weighted by Gasteiger charge is -2.25. The molecule has 3 unspecified atom stereocenters. The molecule has 1 aliphatic heterocycles. The monoisotopic (exact) mass is 286 g/mol. The zero-order chi connectivity index (χ0) is 15.1. The number of hydrogen-bond donors (Lipinski definition) is 1. The van der Waals surface area contributed by atoms with Crippen LogP contribution in [0.2, 0.25) is 0 Å². The highest BCUT2D eigenvalue weighted by Gasteiger charge is 2.58. The first-order chi connectivity index (χ1) is 10.0. The molecule has 3 rings (SSSR count). The number of aryl methyl sites for hydroxylation is 2. The fourth-order valence-electron chi connectivity index (χ4n) is 3.13. The number of carbonyl (C=O) groups is 2. The second-order valence-electron chi connectivity index (χ2n) is 6.19. The fourth-order valence-corrected chi connectivity index (χ4v) is 3.13. The minimum atomic E-state index is -0.0143. The average molecular weight is 286 g/mol. The lowest BCUT2D eigenvalue weighted by molar-refractivity contribution is -0.141. The number of fused-ring (bicyclic) bond motifs is 1.